The van der Waals surface area contributed by atoms with E-state index in [1.807, 2.05) is 0 Å². The van der Waals surface area contributed by atoms with Crippen LogP contribution in [0.3, 0.4) is 0 Å². The summed E-state index contributed by atoms with van der Waals surface area (Å²) in [6.07, 6.45) is 3.13. The molecule has 1 fully saturated rings. The Bertz CT molecular complexity index is 904. The molecule has 0 bridgehead atoms. The lowest BCUT2D eigenvalue weighted by molar-refractivity contribution is 0.0718. The summed E-state index contributed by atoms with van der Waals surface area (Å²) in [6.45, 7) is 0.162. The van der Waals surface area contributed by atoms with Crippen molar-refractivity contribution in [2.45, 2.75) is 30.3 Å². The van der Waals surface area contributed by atoms with E-state index in [0.717, 1.165) is 12.8 Å². The Kier molecular flexibility index (Phi) is 4.66. The molecule has 0 aliphatic heterocycles. The number of carbonyl (C=O) groups is 1. The number of nitrogens with one attached hydrogen (secondary N) is 1. The first-order valence-corrected chi connectivity index (χ1v) is 9.46. The number of halogens is 1. The van der Waals surface area contributed by atoms with Crippen molar-refractivity contribution in [3.63, 3.8) is 0 Å². The van der Waals surface area contributed by atoms with Gasteiger partial charge in [-0.2, -0.15) is 0 Å². The maximum atomic E-state index is 14.0. The zero-order valence-corrected chi connectivity index (χ0v) is 14.9. The van der Waals surface area contributed by atoms with E-state index in [9.17, 15) is 17.6 Å². The second kappa shape index (κ2) is 6.61. The molecule has 25 heavy (non-hydrogen) atoms. The lowest BCUT2D eigenvalue weighted by atomic mass is 10.2. The van der Waals surface area contributed by atoms with Crippen LogP contribution in [0, 0.1) is 5.82 Å². The van der Waals surface area contributed by atoms with Crippen molar-refractivity contribution in [2.24, 2.45) is 7.05 Å². The maximum absolute atomic E-state index is 14.0. The normalized spacial score (nSPS) is 14.5. The molecule has 1 aliphatic carbocycles. The Labute approximate surface area is 146 Å². The number of aryl methyl sites for hydroxylation is 1. The van der Waals surface area contributed by atoms with E-state index in [0.29, 0.717) is 5.56 Å². The minimum absolute atomic E-state index is 0.0301. The van der Waals surface area contributed by atoms with Gasteiger partial charge in [-0.3, -0.25) is 4.79 Å². The molecule has 1 N–H and O–H groups in total. The lowest BCUT2D eigenvalue weighted by Crippen LogP contribution is -2.34. The van der Waals surface area contributed by atoms with Crippen molar-refractivity contribution in [2.75, 3.05) is 7.05 Å². The summed E-state index contributed by atoms with van der Waals surface area (Å²) in [6, 6.07) is 7.77. The number of amides is 1. The summed E-state index contributed by atoms with van der Waals surface area (Å²) in [5, 5.41) is 0. The highest BCUT2D eigenvalue weighted by atomic mass is 32.2. The highest BCUT2D eigenvalue weighted by molar-refractivity contribution is 7.89. The van der Waals surface area contributed by atoms with Crippen LogP contribution in [0.25, 0.3) is 0 Å². The number of carbonyl (C=O) groups excluding carboxylic acids is 1. The number of aromatic nitrogens is 1. The van der Waals surface area contributed by atoms with Crippen LogP contribution in [0.4, 0.5) is 4.39 Å². The molecule has 0 radical (unpaired) electrons. The smallest absolute Gasteiger partial charge is 0.271 e. The van der Waals surface area contributed by atoms with E-state index in [1.165, 1.54) is 29.9 Å². The van der Waals surface area contributed by atoms with Crippen LogP contribution in [-0.4, -0.2) is 36.9 Å². The van der Waals surface area contributed by atoms with Crippen molar-refractivity contribution < 1.29 is 17.6 Å². The van der Waals surface area contributed by atoms with Gasteiger partial charge in [-0.05, 0) is 32.0 Å². The molecule has 1 aromatic carbocycles. The van der Waals surface area contributed by atoms with E-state index in [1.54, 1.807) is 30.1 Å². The Morgan fingerprint density at radius 3 is 2.64 bits per heavy atom. The van der Waals surface area contributed by atoms with Gasteiger partial charge in [-0.25, -0.2) is 17.5 Å². The first kappa shape index (κ1) is 17.6. The van der Waals surface area contributed by atoms with Gasteiger partial charge in [-0.1, -0.05) is 18.2 Å². The first-order chi connectivity index (χ1) is 11.8. The van der Waals surface area contributed by atoms with Gasteiger partial charge in [0.25, 0.3) is 5.91 Å². The van der Waals surface area contributed by atoms with Crippen molar-refractivity contribution in [3.8, 4) is 0 Å². The quantitative estimate of drug-likeness (QED) is 0.850. The summed E-state index contributed by atoms with van der Waals surface area (Å²) in [7, 11) is -0.692. The molecule has 0 atom stereocenters. The molecule has 1 aromatic heterocycles. The third kappa shape index (κ3) is 3.59. The van der Waals surface area contributed by atoms with E-state index in [2.05, 4.69) is 4.72 Å². The van der Waals surface area contributed by atoms with E-state index in [4.69, 9.17) is 0 Å². The second-order valence-electron chi connectivity index (χ2n) is 6.14. The Morgan fingerprint density at radius 2 is 2.04 bits per heavy atom. The molecular formula is C17H20FN3O3S. The number of benzene rings is 1. The summed E-state index contributed by atoms with van der Waals surface area (Å²) >= 11 is 0. The third-order valence-electron chi connectivity index (χ3n) is 4.33. The van der Waals surface area contributed by atoms with Crippen LogP contribution in [0.1, 0.15) is 28.9 Å². The maximum Gasteiger partial charge on any atom is 0.271 e. The van der Waals surface area contributed by atoms with E-state index >= 15 is 0 Å². The Balaban J connectivity index is 1.91. The summed E-state index contributed by atoms with van der Waals surface area (Å²) < 4.78 is 41.6. The number of nitrogens with zero attached hydrogens (tertiary/aromatic N) is 2. The topological polar surface area (TPSA) is 71.4 Å². The summed E-state index contributed by atoms with van der Waals surface area (Å²) in [5.74, 6) is -0.655. The predicted molar refractivity (Wildman–Crippen MR) is 91.0 cm³/mol. The SMILES string of the molecule is CNS(=O)(=O)c1cc(C(=O)N(Cc2ccccc2F)C2CC2)n(C)c1. The van der Waals surface area contributed by atoms with Crippen molar-refractivity contribution in [3.05, 3.63) is 53.6 Å². The molecule has 8 heteroatoms. The van der Waals surface area contributed by atoms with Crippen LogP contribution >= 0.6 is 0 Å². The molecule has 1 aliphatic rings. The van der Waals surface area contributed by atoms with Gasteiger partial charge in [0.1, 0.15) is 16.4 Å². The standard InChI is InChI=1S/C17H20FN3O3S/c1-19-25(23,24)14-9-16(20(2)11-14)17(22)21(13-7-8-13)10-12-5-3-4-6-15(12)18/h3-6,9,11,13,19H,7-8,10H2,1-2H3. The fourth-order valence-corrected chi connectivity index (χ4v) is 3.52. The molecule has 1 heterocycles. The average Bonchev–Trinajstić information content (AvgIpc) is 3.34. The Morgan fingerprint density at radius 1 is 1.36 bits per heavy atom. The van der Waals surface area contributed by atoms with Gasteiger partial charge in [0, 0.05) is 31.4 Å². The van der Waals surface area contributed by atoms with Gasteiger partial charge in [0.2, 0.25) is 10.0 Å². The Hall–Kier alpha value is -2.19. The second-order valence-corrected chi connectivity index (χ2v) is 8.02. The number of rotatable bonds is 6. The van der Waals surface area contributed by atoms with E-state index in [-0.39, 0.29) is 34.9 Å². The minimum atomic E-state index is -3.63. The van der Waals surface area contributed by atoms with Gasteiger partial charge in [0.15, 0.2) is 0 Å². The molecule has 0 unspecified atom stereocenters. The molecule has 6 nitrogen and oxygen atoms in total. The minimum Gasteiger partial charge on any atom is -0.345 e. The fourth-order valence-electron chi connectivity index (χ4n) is 2.72. The van der Waals surface area contributed by atoms with Crippen molar-refractivity contribution in [1.82, 2.24) is 14.2 Å². The first-order valence-electron chi connectivity index (χ1n) is 7.98. The molecule has 134 valence electrons. The van der Waals surface area contributed by atoms with Crippen LogP contribution in [0.5, 0.6) is 0 Å². The molecule has 0 saturated heterocycles. The predicted octanol–water partition coefficient (Wildman–Crippen LogP) is 1.88. The number of sulfonamides is 1. The molecule has 0 spiro atoms. The van der Waals surface area contributed by atoms with Crippen molar-refractivity contribution >= 4 is 15.9 Å². The van der Waals surface area contributed by atoms with E-state index < -0.39 is 10.0 Å². The largest absolute Gasteiger partial charge is 0.345 e. The monoisotopic (exact) mass is 365 g/mol. The summed E-state index contributed by atoms with van der Waals surface area (Å²) in [4.78, 5) is 14.6. The molecule has 1 saturated carbocycles. The van der Waals surface area contributed by atoms with Crippen LogP contribution in [0.15, 0.2) is 41.4 Å². The van der Waals surface area contributed by atoms with Crippen LogP contribution in [0.2, 0.25) is 0 Å². The molecular weight excluding hydrogens is 345 g/mol. The van der Waals surface area contributed by atoms with Crippen LogP contribution in [-0.2, 0) is 23.6 Å². The third-order valence-corrected chi connectivity index (χ3v) is 5.71. The van der Waals surface area contributed by atoms with Gasteiger partial charge in [0.05, 0.1) is 0 Å². The fraction of sp³-hybridized carbons (Fsp3) is 0.353. The molecule has 2 aromatic rings. The average molecular weight is 365 g/mol. The number of hydrogen-bond acceptors (Lipinski definition) is 3. The van der Waals surface area contributed by atoms with Gasteiger partial charge >= 0.3 is 0 Å². The van der Waals surface area contributed by atoms with Crippen molar-refractivity contribution in [1.29, 1.82) is 0 Å². The van der Waals surface area contributed by atoms with Gasteiger partial charge in [-0.15, -0.1) is 0 Å². The highest BCUT2D eigenvalue weighted by Gasteiger charge is 2.35. The zero-order valence-electron chi connectivity index (χ0n) is 14.1. The molecule has 1 amide bonds. The lowest BCUT2D eigenvalue weighted by Gasteiger charge is -2.23. The molecule has 3 rings (SSSR count). The zero-order chi connectivity index (χ0) is 18.2. The highest BCUT2D eigenvalue weighted by Crippen LogP contribution is 2.30. The van der Waals surface area contributed by atoms with Crippen LogP contribution < -0.4 is 4.72 Å². The summed E-state index contributed by atoms with van der Waals surface area (Å²) in [5.41, 5.74) is 0.706. The number of hydrogen-bond donors (Lipinski definition) is 1. The van der Waals surface area contributed by atoms with Gasteiger partial charge < -0.3 is 9.47 Å².